The standard InChI is InChI=1S/C9H14O5/c1-3-12-9(11)7-4-5-8(14-7)13-6(2)10/h7-8H,3-5H2,1-2H3/t7?,8-/m0/s1. The van der Waals surface area contributed by atoms with Crippen LogP contribution in [0, 0.1) is 0 Å². The van der Waals surface area contributed by atoms with E-state index in [9.17, 15) is 9.59 Å². The smallest absolute Gasteiger partial charge is 0.335 e. The second-order valence-electron chi connectivity index (χ2n) is 2.99. The lowest BCUT2D eigenvalue weighted by Crippen LogP contribution is -2.25. The van der Waals surface area contributed by atoms with Crippen molar-refractivity contribution in [2.75, 3.05) is 6.61 Å². The Labute approximate surface area is 82.3 Å². The van der Waals surface area contributed by atoms with Gasteiger partial charge in [0.1, 0.15) is 0 Å². The fourth-order valence-corrected chi connectivity index (χ4v) is 1.29. The predicted molar refractivity (Wildman–Crippen MR) is 46.3 cm³/mol. The number of hydrogen-bond acceptors (Lipinski definition) is 5. The van der Waals surface area contributed by atoms with Crippen LogP contribution in [0.2, 0.25) is 0 Å². The largest absolute Gasteiger partial charge is 0.464 e. The Morgan fingerprint density at radius 3 is 2.71 bits per heavy atom. The summed E-state index contributed by atoms with van der Waals surface area (Å²) in [6.45, 7) is 3.37. The molecule has 5 nitrogen and oxygen atoms in total. The highest BCUT2D eigenvalue weighted by Crippen LogP contribution is 2.21. The van der Waals surface area contributed by atoms with E-state index in [0.29, 0.717) is 19.4 Å². The molecule has 2 atom stereocenters. The lowest BCUT2D eigenvalue weighted by molar-refractivity contribution is -0.183. The third kappa shape index (κ3) is 2.99. The van der Waals surface area contributed by atoms with E-state index >= 15 is 0 Å². The molecule has 1 aliphatic heterocycles. The second-order valence-corrected chi connectivity index (χ2v) is 2.99. The van der Waals surface area contributed by atoms with Gasteiger partial charge < -0.3 is 14.2 Å². The number of carbonyl (C=O) groups excluding carboxylic acids is 2. The van der Waals surface area contributed by atoms with Gasteiger partial charge in [-0.3, -0.25) is 4.79 Å². The molecular weight excluding hydrogens is 188 g/mol. The SMILES string of the molecule is CCOC(=O)C1CC[C@@H](OC(C)=O)O1. The van der Waals surface area contributed by atoms with Gasteiger partial charge in [0, 0.05) is 13.3 Å². The van der Waals surface area contributed by atoms with E-state index in [-0.39, 0.29) is 5.97 Å². The van der Waals surface area contributed by atoms with Gasteiger partial charge in [-0.05, 0) is 13.3 Å². The highest BCUT2D eigenvalue weighted by Gasteiger charge is 2.33. The maximum Gasteiger partial charge on any atom is 0.335 e. The highest BCUT2D eigenvalue weighted by atomic mass is 16.7. The normalized spacial score (nSPS) is 25.9. The lowest BCUT2D eigenvalue weighted by atomic mass is 10.2. The molecule has 0 aromatic heterocycles. The molecular formula is C9H14O5. The zero-order valence-corrected chi connectivity index (χ0v) is 8.32. The van der Waals surface area contributed by atoms with Crippen molar-refractivity contribution in [1.29, 1.82) is 0 Å². The first-order valence-corrected chi connectivity index (χ1v) is 4.62. The molecule has 0 aliphatic carbocycles. The molecule has 0 aromatic carbocycles. The van der Waals surface area contributed by atoms with Crippen molar-refractivity contribution in [3.8, 4) is 0 Å². The number of esters is 2. The quantitative estimate of drug-likeness (QED) is 0.628. The Kier molecular flexibility index (Phi) is 3.88. The highest BCUT2D eigenvalue weighted by molar-refractivity contribution is 5.75. The summed E-state index contributed by atoms with van der Waals surface area (Å²) in [5.41, 5.74) is 0. The summed E-state index contributed by atoms with van der Waals surface area (Å²) in [4.78, 5) is 21.8. The summed E-state index contributed by atoms with van der Waals surface area (Å²) in [7, 11) is 0. The summed E-state index contributed by atoms with van der Waals surface area (Å²) in [6.07, 6.45) is -0.0963. The summed E-state index contributed by atoms with van der Waals surface area (Å²) in [6, 6.07) is 0. The number of rotatable bonds is 3. The average molecular weight is 202 g/mol. The molecule has 80 valence electrons. The van der Waals surface area contributed by atoms with Crippen molar-refractivity contribution in [2.45, 2.75) is 39.1 Å². The molecule has 5 heteroatoms. The zero-order chi connectivity index (χ0) is 10.6. The molecule has 1 rings (SSSR count). The van der Waals surface area contributed by atoms with E-state index in [0.717, 1.165) is 0 Å². The van der Waals surface area contributed by atoms with E-state index in [1.54, 1.807) is 6.92 Å². The fraction of sp³-hybridized carbons (Fsp3) is 0.778. The van der Waals surface area contributed by atoms with Gasteiger partial charge >= 0.3 is 11.9 Å². The van der Waals surface area contributed by atoms with Crippen LogP contribution in [0.5, 0.6) is 0 Å². The Morgan fingerprint density at radius 2 is 2.14 bits per heavy atom. The summed E-state index contributed by atoms with van der Waals surface area (Å²) < 4.78 is 14.7. The van der Waals surface area contributed by atoms with Crippen LogP contribution in [0.15, 0.2) is 0 Å². The van der Waals surface area contributed by atoms with Crippen LogP contribution in [0.4, 0.5) is 0 Å². The molecule has 1 unspecified atom stereocenters. The van der Waals surface area contributed by atoms with Crippen LogP contribution >= 0.6 is 0 Å². The molecule has 0 radical (unpaired) electrons. The van der Waals surface area contributed by atoms with Crippen LogP contribution in [0.1, 0.15) is 26.7 Å². The van der Waals surface area contributed by atoms with E-state index in [2.05, 4.69) is 0 Å². The van der Waals surface area contributed by atoms with Crippen molar-refractivity contribution >= 4 is 11.9 Å². The molecule has 1 fully saturated rings. The Balaban J connectivity index is 2.33. The first-order valence-electron chi connectivity index (χ1n) is 4.62. The molecule has 1 aliphatic rings. The van der Waals surface area contributed by atoms with Crippen LogP contribution in [-0.4, -0.2) is 30.9 Å². The van der Waals surface area contributed by atoms with Gasteiger partial charge in [-0.25, -0.2) is 4.79 Å². The molecule has 0 spiro atoms. The van der Waals surface area contributed by atoms with Crippen LogP contribution in [0.3, 0.4) is 0 Å². The molecule has 0 bridgehead atoms. The summed E-state index contributed by atoms with van der Waals surface area (Å²) in [5, 5.41) is 0. The van der Waals surface area contributed by atoms with Gasteiger partial charge in [-0.2, -0.15) is 0 Å². The maximum atomic E-state index is 11.2. The molecule has 1 saturated heterocycles. The second kappa shape index (κ2) is 4.95. The minimum Gasteiger partial charge on any atom is -0.464 e. The topological polar surface area (TPSA) is 61.8 Å². The van der Waals surface area contributed by atoms with Crippen LogP contribution in [-0.2, 0) is 23.8 Å². The molecule has 0 N–H and O–H groups in total. The lowest BCUT2D eigenvalue weighted by Gasteiger charge is -2.12. The minimum atomic E-state index is -0.595. The molecule has 14 heavy (non-hydrogen) atoms. The zero-order valence-electron chi connectivity index (χ0n) is 8.32. The van der Waals surface area contributed by atoms with Gasteiger partial charge in [0.25, 0.3) is 0 Å². The van der Waals surface area contributed by atoms with Gasteiger partial charge in [-0.15, -0.1) is 0 Å². The van der Waals surface area contributed by atoms with Crippen LogP contribution in [0.25, 0.3) is 0 Å². The predicted octanol–water partition coefficient (Wildman–Crippen LogP) is 0.618. The van der Waals surface area contributed by atoms with Crippen molar-refractivity contribution in [2.24, 2.45) is 0 Å². The average Bonchev–Trinajstić information content (AvgIpc) is 2.52. The number of carbonyl (C=O) groups is 2. The van der Waals surface area contributed by atoms with Crippen molar-refractivity contribution in [1.82, 2.24) is 0 Å². The first kappa shape index (κ1) is 11.0. The van der Waals surface area contributed by atoms with Crippen LogP contribution < -0.4 is 0 Å². The van der Waals surface area contributed by atoms with Gasteiger partial charge in [0.05, 0.1) is 6.61 Å². The molecule has 0 aromatic rings. The molecule has 1 heterocycles. The Bertz CT molecular complexity index is 225. The molecule has 0 amide bonds. The number of ether oxygens (including phenoxy) is 3. The van der Waals surface area contributed by atoms with Gasteiger partial charge in [0.15, 0.2) is 6.10 Å². The van der Waals surface area contributed by atoms with E-state index < -0.39 is 18.4 Å². The van der Waals surface area contributed by atoms with E-state index in [4.69, 9.17) is 14.2 Å². The summed E-state index contributed by atoms with van der Waals surface area (Å²) in [5.74, 6) is -0.790. The monoisotopic (exact) mass is 202 g/mol. The van der Waals surface area contributed by atoms with Crippen molar-refractivity contribution < 1.29 is 23.8 Å². The Hall–Kier alpha value is -1.10. The van der Waals surface area contributed by atoms with Crippen molar-refractivity contribution in [3.05, 3.63) is 0 Å². The molecule has 0 saturated carbocycles. The third-order valence-electron chi connectivity index (χ3n) is 1.83. The Morgan fingerprint density at radius 1 is 1.43 bits per heavy atom. The van der Waals surface area contributed by atoms with Gasteiger partial charge in [-0.1, -0.05) is 0 Å². The van der Waals surface area contributed by atoms with E-state index in [1.807, 2.05) is 0 Å². The third-order valence-corrected chi connectivity index (χ3v) is 1.83. The number of hydrogen-bond donors (Lipinski definition) is 0. The van der Waals surface area contributed by atoms with E-state index in [1.165, 1.54) is 6.92 Å². The summed E-state index contributed by atoms with van der Waals surface area (Å²) >= 11 is 0. The maximum absolute atomic E-state index is 11.2. The fourth-order valence-electron chi connectivity index (χ4n) is 1.29. The van der Waals surface area contributed by atoms with Crippen molar-refractivity contribution in [3.63, 3.8) is 0 Å². The minimum absolute atomic E-state index is 0.330. The van der Waals surface area contributed by atoms with Gasteiger partial charge in [0.2, 0.25) is 6.29 Å². The first-order chi connectivity index (χ1) is 6.63.